The van der Waals surface area contributed by atoms with Gasteiger partial charge in [-0.3, -0.25) is 9.48 Å². The number of carbonyl (C=O) groups excluding carboxylic acids is 1. The molecule has 0 aliphatic rings. The minimum Gasteiger partial charge on any atom is -0.292 e. The van der Waals surface area contributed by atoms with E-state index in [2.05, 4.69) is 11.2 Å². The lowest BCUT2D eigenvalue weighted by molar-refractivity contribution is 0.0933. The Morgan fingerprint density at radius 1 is 1.57 bits per heavy atom. The topological polar surface area (TPSA) is 58.7 Å². The van der Waals surface area contributed by atoms with Gasteiger partial charge in [0, 0.05) is 12.1 Å². The first-order chi connectivity index (χ1) is 6.56. The van der Waals surface area contributed by atoms with Crippen molar-refractivity contribution in [1.82, 2.24) is 9.78 Å². The number of hydrogen-bond acceptors (Lipinski definition) is 3. The van der Waals surface area contributed by atoms with Gasteiger partial charge in [-0.2, -0.15) is 10.4 Å². The van der Waals surface area contributed by atoms with Gasteiger partial charge >= 0.3 is 0 Å². The van der Waals surface area contributed by atoms with Crippen LogP contribution >= 0.6 is 0 Å². The van der Waals surface area contributed by atoms with Crippen molar-refractivity contribution in [3.8, 4) is 6.07 Å². The van der Waals surface area contributed by atoms with Crippen LogP contribution in [0.5, 0.6) is 0 Å². The highest BCUT2D eigenvalue weighted by Gasteiger charge is 2.14. The summed E-state index contributed by atoms with van der Waals surface area (Å²) in [6.45, 7) is 5.39. The number of nitrogens with zero attached hydrogens (tertiary/aromatic N) is 3. The first-order valence-corrected chi connectivity index (χ1v) is 4.55. The van der Waals surface area contributed by atoms with Gasteiger partial charge in [-0.05, 0) is 13.0 Å². The van der Waals surface area contributed by atoms with Gasteiger partial charge in [-0.15, -0.1) is 0 Å². The van der Waals surface area contributed by atoms with E-state index in [-0.39, 0.29) is 17.7 Å². The second kappa shape index (κ2) is 4.05. The summed E-state index contributed by atoms with van der Waals surface area (Å²) in [5, 5.41) is 12.7. The molecule has 1 heterocycles. The summed E-state index contributed by atoms with van der Waals surface area (Å²) in [6, 6.07) is 3.37. The average molecular weight is 191 g/mol. The lowest BCUT2D eigenvalue weighted by Crippen LogP contribution is -2.10. The Morgan fingerprint density at radius 3 is 2.71 bits per heavy atom. The van der Waals surface area contributed by atoms with Crippen LogP contribution in [0.3, 0.4) is 0 Å². The molecule has 0 spiro atoms. The lowest BCUT2D eigenvalue weighted by Gasteiger charge is -2.02. The molecule has 14 heavy (non-hydrogen) atoms. The van der Waals surface area contributed by atoms with Crippen molar-refractivity contribution in [3.63, 3.8) is 0 Å². The summed E-state index contributed by atoms with van der Waals surface area (Å²) in [5.74, 6) is -0.0513. The molecule has 0 N–H and O–H groups in total. The molecule has 1 aromatic rings. The summed E-state index contributed by atoms with van der Waals surface area (Å²) in [7, 11) is 0. The number of rotatable bonds is 3. The normalized spacial score (nSPS) is 12.5. The van der Waals surface area contributed by atoms with E-state index < -0.39 is 0 Å². The van der Waals surface area contributed by atoms with E-state index in [0.29, 0.717) is 5.69 Å². The minimum absolute atomic E-state index is 0.00823. The standard InChI is InChI=1S/C10H13N3O/c1-7(2)10(14)9-4-5-13(12-9)8(3)6-11/h4-5,7-8H,1-3H3. The Kier molecular flexibility index (Phi) is 3.03. The highest BCUT2D eigenvalue weighted by molar-refractivity contribution is 5.95. The molecule has 74 valence electrons. The first-order valence-electron chi connectivity index (χ1n) is 4.55. The van der Waals surface area contributed by atoms with E-state index >= 15 is 0 Å². The van der Waals surface area contributed by atoms with E-state index in [9.17, 15) is 4.79 Å². The first kappa shape index (κ1) is 10.5. The number of Topliss-reactive ketones (excluding diaryl/α,β-unsaturated/α-hetero) is 1. The number of aromatic nitrogens is 2. The minimum atomic E-state index is -0.330. The maximum atomic E-state index is 11.5. The van der Waals surface area contributed by atoms with Gasteiger partial charge in [-0.1, -0.05) is 13.8 Å². The number of nitriles is 1. The summed E-state index contributed by atoms with van der Waals surface area (Å²) < 4.78 is 1.50. The Balaban J connectivity index is 2.89. The predicted molar refractivity (Wildman–Crippen MR) is 51.7 cm³/mol. The van der Waals surface area contributed by atoms with Crippen LogP contribution in [0, 0.1) is 17.2 Å². The summed E-state index contributed by atoms with van der Waals surface area (Å²) in [5.41, 5.74) is 0.433. The van der Waals surface area contributed by atoms with E-state index in [1.807, 2.05) is 13.8 Å². The lowest BCUT2D eigenvalue weighted by atomic mass is 10.1. The van der Waals surface area contributed by atoms with Crippen LogP contribution in [0.15, 0.2) is 12.3 Å². The summed E-state index contributed by atoms with van der Waals surface area (Å²) in [4.78, 5) is 11.5. The zero-order chi connectivity index (χ0) is 10.7. The molecule has 0 aromatic carbocycles. The van der Waals surface area contributed by atoms with Crippen molar-refractivity contribution in [2.45, 2.75) is 26.8 Å². The summed E-state index contributed by atoms with van der Waals surface area (Å²) >= 11 is 0. The predicted octanol–water partition coefficient (Wildman–Crippen LogP) is 1.81. The van der Waals surface area contributed by atoms with Gasteiger partial charge in [0.2, 0.25) is 0 Å². The second-order valence-corrected chi connectivity index (χ2v) is 3.51. The monoisotopic (exact) mass is 191 g/mol. The highest BCUT2D eigenvalue weighted by Crippen LogP contribution is 2.08. The summed E-state index contributed by atoms with van der Waals surface area (Å²) in [6.07, 6.45) is 1.66. The zero-order valence-corrected chi connectivity index (χ0v) is 8.56. The molecule has 0 saturated carbocycles. The molecular weight excluding hydrogens is 178 g/mol. The van der Waals surface area contributed by atoms with E-state index in [1.165, 1.54) is 4.68 Å². The molecule has 0 amide bonds. The van der Waals surface area contributed by atoms with E-state index in [4.69, 9.17) is 5.26 Å². The van der Waals surface area contributed by atoms with E-state index in [0.717, 1.165) is 0 Å². The van der Waals surface area contributed by atoms with Crippen LogP contribution in [0.4, 0.5) is 0 Å². The van der Waals surface area contributed by atoms with Crippen molar-refractivity contribution < 1.29 is 4.79 Å². The van der Waals surface area contributed by atoms with Gasteiger partial charge in [0.15, 0.2) is 5.78 Å². The van der Waals surface area contributed by atoms with Gasteiger partial charge in [0.25, 0.3) is 0 Å². The van der Waals surface area contributed by atoms with Crippen molar-refractivity contribution >= 4 is 5.78 Å². The molecule has 0 aliphatic heterocycles. The van der Waals surface area contributed by atoms with Crippen LogP contribution in [-0.2, 0) is 0 Å². The molecule has 1 aromatic heterocycles. The van der Waals surface area contributed by atoms with E-state index in [1.54, 1.807) is 19.2 Å². The van der Waals surface area contributed by atoms with Gasteiger partial charge < -0.3 is 0 Å². The molecular formula is C10H13N3O. The largest absolute Gasteiger partial charge is 0.292 e. The SMILES string of the molecule is CC(C)C(=O)c1ccn(C(C)C#N)n1. The molecule has 1 rings (SSSR count). The maximum Gasteiger partial charge on any atom is 0.185 e. The third-order valence-electron chi connectivity index (χ3n) is 1.97. The Bertz CT molecular complexity index is 373. The van der Waals surface area contributed by atoms with Gasteiger partial charge in [0.1, 0.15) is 11.7 Å². The Hall–Kier alpha value is -1.63. The molecule has 0 fully saturated rings. The molecule has 0 radical (unpaired) electrons. The van der Waals surface area contributed by atoms with Crippen LogP contribution < -0.4 is 0 Å². The molecule has 0 bridgehead atoms. The second-order valence-electron chi connectivity index (χ2n) is 3.51. The van der Waals surface area contributed by atoms with Crippen LogP contribution in [0.25, 0.3) is 0 Å². The smallest absolute Gasteiger partial charge is 0.185 e. The van der Waals surface area contributed by atoms with Crippen LogP contribution in [0.2, 0.25) is 0 Å². The Morgan fingerprint density at radius 2 is 2.21 bits per heavy atom. The molecule has 1 unspecified atom stereocenters. The highest BCUT2D eigenvalue weighted by atomic mass is 16.1. The molecule has 0 saturated heterocycles. The molecule has 1 atom stereocenters. The number of ketones is 1. The number of carbonyl (C=O) groups is 1. The molecule has 0 aliphatic carbocycles. The van der Waals surface area contributed by atoms with Crippen molar-refractivity contribution in [1.29, 1.82) is 5.26 Å². The fourth-order valence-corrected chi connectivity index (χ4v) is 1.04. The third kappa shape index (κ3) is 1.99. The van der Waals surface area contributed by atoms with Crippen LogP contribution in [-0.4, -0.2) is 15.6 Å². The van der Waals surface area contributed by atoms with Crippen molar-refractivity contribution in [2.75, 3.05) is 0 Å². The quantitative estimate of drug-likeness (QED) is 0.684. The van der Waals surface area contributed by atoms with Crippen LogP contribution in [0.1, 0.15) is 37.3 Å². The van der Waals surface area contributed by atoms with Crippen molar-refractivity contribution in [2.24, 2.45) is 5.92 Å². The van der Waals surface area contributed by atoms with Gasteiger partial charge in [0.05, 0.1) is 6.07 Å². The molecule has 4 heteroatoms. The number of hydrogen-bond donors (Lipinski definition) is 0. The fourth-order valence-electron chi connectivity index (χ4n) is 1.04. The fraction of sp³-hybridized carbons (Fsp3) is 0.500. The zero-order valence-electron chi connectivity index (χ0n) is 8.56. The third-order valence-corrected chi connectivity index (χ3v) is 1.97. The van der Waals surface area contributed by atoms with Crippen molar-refractivity contribution in [3.05, 3.63) is 18.0 Å². The average Bonchev–Trinajstić information content (AvgIpc) is 2.64. The maximum absolute atomic E-state index is 11.5. The Labute approximate surface area is 83.1 Å². The molecule has 4 nitrogen and oxygen atoms in total. The van der Waals surface area contributed by atoms with Gasteiger partial charge in [-0.25, -0.2) is 0 Å².